The fraction of sp³-hybridized carbons (Fsp3) is 0.400. The summed E-state index contributed by atoms with van der Waals surface area (Å²) in [7, 11) is 0. The molecule has 2 heteroatoms. The van der Waals surface area contributed by atoms with E-state index in [0.29, 0.717) is 5.75 Å². The van der Waals surface area contributed by atoms with Crippen LogP contribution in [0.4, 0.5) is 0 Å². The minimum absolute atomic E-state index is 0. The topological polar surface area (TPSA) is 20.2 Å². The predicted octanol–water partition coefficient (Wildman–Crippen LogP) is 2.31. The van der Waals surface area contributed by atoms with E-state index >= 15 is 0 Å². The molecule has 0 aliphatic heterocycles. The van der Waals surface area contributed by atoms with Crippen LogP contribution in [0.1, 0.15) is 26.3 Å². The molecule has 1 nitrogen and oxygen atoms in total. The summed E-state index contributed by atoms with van der Waals surface area (Å²) in [6.07, 6.45) is 0. The van der Waals surface area contributed by atoms with Gasteiger partial charge in [-0.1, -0.05) is 39.0 Å². The molecule has 0 aliphatic carbocycles. The van der Waals surface area contributed by atoms with Gasteiger partial charge in [-0.2, -0.15) is 0 Å². The Balaban J connectivity index is 0.00000121. The van der Waals surface area contributed by atoms with E-state index in [-0.39, 0.29) is 43.2 Å². The summed E-state index contributed by atoms with van der Waals surface area (Å²) in [6, 6.07) is 7.46. The molecule has 0 saturated carbocycles. The van der Waals surface area contributed by atoms with E-state index in [1.54, 1.807) is 6.07 Å². The Kier molecular flexibility index (Phi) is 4.60. The van der Waals surface area contributed by atoms with E-state index in [0.717, 1.165) is 5.56 Å². The van der Waals surface area contributed by atoms with Crippen molar-refractivity contribution in [2.75, 3.05) is 0 Å². The molecule has 12 heavy (non-hydrogen) atoms. The molecule has 0 saturated heterocycles. The maximum atomic E-state index is 9.45. The number of aromatic hydroxyl groups is 1. The van der Waals surface area contributed by atoms with Crippen LogP contribution in [0.2, 0.25) is 0 Å². The van der Waals surface area contributed by atoms with E-state index in [2.05, 4.69) is 20.8 Å². The second kappa shape index (κ2) is 4.50. The summed E-state index contributed by atoms with van der Waals surface area (Å²) < 4.78 is 0. The van der Waals surface area contributed by atoms with Gasteiger partial charge >= 0.3 is 0 Å². The molecule has 0 fully saturated rings. The smallest absolute Gasteiger partial charge is 0.119 e. The summed E-state index contributed by atoms with van der Waals surface area (Å²) in [5.41, 5.74) is 1.03. The molecule has 0 amide bonds. The van der Waals surface area contributed by atoms with E-state index < -0.39 is 0 Å². The van der Waals surface area contributed by atoms with Crippen LogP contribution in [-0.2, 0) is 5.41 Å². The Labute approximate surface area is 104 Å². The number of phenolic OH excluding ortho intramolecular Hbond substituents is 1. The third kappa shape index (κ3) is 2.96. The zero-order chi connectivity index (χ0) is 8.48. The molecule has 62 valence electrons. The van der Waals surface area contributed by atoms with Crippen LogP contribution in [-0.4, -0.2) is 42.8 Å². The third-order valence-corrected chi connectivity index (χ3v) is 1.71. The number of hydrogen-bond donors (Lipinski definition) is 1. The Bertz CT molecular complexity index is 250. The standard InChI is InChI=1S/C10H14O.Ca/c1-10(2,3)8-6-4-5-7-9(8)11;/h4-7,11H,1-3H3;. The van der Waals surface area contributed by atoms with Gasteiger partial charge in [0.05, 0.1) is 0 Å². The van der Waals surface area contributed by atoms with Gasteiger partial charge in [-0.3, -0.25) is 0 Å². The average Bonchev–Trinajstić information content (AvgIpc) is 1.86. The van der Waals surface area contributed by atoms with Crippen molar-refractivity contribution in [1.82, 2.24) is 0 Å². The Morgan fingerprint density at radius 1 is 1.08 bits per heavy atom. The van der Waals surface area contributed by atoms with Crippen LogP contribution in [0.5, 0.6) is 5.75 Å². The molecule has 0 unspecified atom stereocenters. The minimum Gasteiger partial charge on any atom is -0.508 e. The molecular weight excluding hydrogens is 176 g/mol. The van der Waals surface area contributed by atoms with Crippen LogP contribution < -0.4 is 0 Å². The molecule has 0 bridgehead atoms. The first-order valence-corrected chi connectivity index (χ1v) is 3.80. The second-order valence-electron chi connectivity index (χ2n) is 3.77. The van der Waals surface area contributed by atoms with E-state index in [9.17, 15) is 5.11 Å². The van der Waals surface area contributed by atoms with Gasteiger partial charge in [-0.15, -0.1) is 0 Å². The van der Waals surface area contributed by atoms with Gasteiger partial charge in [-0.05, 0) is 17.0 Å². The van der Waals surface area contributed by atoms with Crippen LogP contribution >= 0.6 is 0 Å². The first-order valence-electron chi connectivity index (χ1n) is 3.80. The van der Waals surface area contributed by atoms with Crippen molar-refractivity contribution in [3.05, 3.63) is 29.8 Å². The SMILES string of the molecule is CC(C)(C)c1ccccc1O.[Ca]. The molecule has 1 rings (SSSR count). The molecule has 1 aromatic rings. The monoisotopic (exact) mass is 190 g/mol. The molecule has 0 aromatic heterocycles. The Hall–Kier alpha value is 0.280. The van der Waals surface area contributed by atoms with Crippen molar-refractivity contribution in [2.24, 2.45) is 0 Å². The summed E-state index contributed by atoms with van der Waals surface area (Å²) >= 11 is 0. The maximum Gasteiger partial charge on any atom is 0.119 e. The van der Waals surface area contributed by atoms with Gasteiger partial charge in [0, 0.05) is 37.7 Å². The fourth-order valence-electron chi connectivity index (χ4n) is 1.11. The fourth-order valence-corrected chi connectivity index (χ4v) is 1.11. The van der Waals surface area contributed by atoms with E-state index in [4.69, 9.17) is 0 Å². The molecule has 0 atom stereocenters. The first kappa shape index (κ1) is 12.3. The molecule has 0 heterocycles. The van der Waals surface area contributed by atoms with Crippen LogP contribution in [0, 0.1) is 0 Å². The third-order valence-electron chi connectivity index (χ3n) is 1.71. The zero-order valence-electron chi connectivity index (χ0n) is 7.96. The number of hydrogen-bond acceptors (Lipinski definition) is 1. The van der Waals surface area contributed by atoms with E-state index in [1.165, 1.54) is 0 Å². The van der Waals surface area contributed by atoms with Crippen molar-refractivity contribution < 1.29 is 5.11 Å². The second-order valence-corrected chi connectivity index (χ2v) is 3.77. The molecule has 1 aromatic carbocycles. The van der Waals surface area contributed by atoms with Crippen molar-refractivity contribution in [3.63, 3.8) is 0 Å². The number of rotatable bonds is 0. The first-order chi connectivity index (χ1) is 5.02. The van der Waals surface area contributed by atoms with Crippen LogP contribution in [0.25, 0.3) is 0 Å². The van der Waals surface area contributed by atoms with Crippen LogP contribution in [0.3, 0.4) is 0 Å². The van der Waals surface area contributed by atoms with Crippen molar-refractivity contribution in [3.8, 4) is 5.75 Å². The number of para-hydroxylation sites is 1. The molecule has 0 aliphatic rings. The van der Waals surface area contributed by atoms with Crippen molar-refractivity contribution >= 4 is 37.7 Å². The van der Waals surface area contributed by atoms with Gasteiger partial charge in [-0.25, -0.2) is 0 Å². The molecule has 0 spiro atoms. The summed E-state index contributed by atoms with van der Waals surface area (Å²) in [5, 5.41) is 9.45. The van der Waals surface area contributed by atoms with Gasteiger partial charge in [0.25, 0.3) is 0 Å². The van der Waals surface area contributed by atoms with Gasteiger partial charge in [0.1, 0.15) is 5.75 Å². The largest absolute Gasteiger partial charge is 0.508 e. The molecular formula is C10H14CaO. The minimum atomic E-state index is 0. The molecule has 2 radical (unpaired) electrons. The van der Waals surface area contributed by atoms with Crippen LogP contribution in [0.15, 0.2) is 24.3 Å². The van der Waals surface area contributed by atoms with Crippen molar-refractivity contribution in [1.29, 1.82) is 0 Å². The quantitative estimate of drug-likeness (QED) is 0.622. The summed E-state index contributed by atoms with van der Waals surface area (Å²) in [5.74, 6) is 0.389. The van der Waals surface area contributed by atoms with Gasteiger partial charge in [0.15, 0.2) is 0 Å². The van der Waals surface area contributed by atoms with Crippen molar-refractivity contribution in [2.45, 2.75) is 26.2 Å². The predicted molar refractivity (Wildman–Crippen MR) is 52.6 cm³/mol. The number of benzene rings is 1. The normalized spacial score (nSPS) is 10.6. The average molecular weight is 190 g/mol. The number of phenols is 1. The van der Waals surface area contributed by atoms with Gasteiger partial charge in [0.2, 0.25) is 0 Å². The molecule has 1 N–H and O–H groups in total. The zero-order valence-corrected chi connectivity index (χ0v) is 10.2. The van der Waals surface area contributed by atoms with E-state index in [1.807, 2.05) is 18.2 Å². The maximum absolute atomic E-state index is 9.45. The summed E-state index contributed by atoms with van der Waals surface area (Å²) in [4.78, 5) is 0. The van der Waals surface area contributed by atoms with Gasteiger partial charge < -0.3 is 5.11 Å². The Morgan fingerprint density at radius 3 is 1.92 bits per heavy atom. The summed E-state index contributed by atoms with van der Waals surface area (Å²) in [6.45, 7) is 6.26. The Morgan fingerprint density at radius 2 is 1.58 bits per heavy atom.